The zero-order valence-electron chi connectivity index (χ0n) is 27.0. The monoisotopic (exact) mass is 556 g/mol. The lowest BCUT2D eigenvalue weighted by molar-refractivity contribution is -0.137. The number of likely N-dealkylation sites (tertiary alicyclic amines) is 1. The average molecular weight is 557 g/mol. The Balaban J connectivity index is 2.25. The summed E-state index contributed by atoms with van der Waals surface area (Å²) in [6.07, 6.45) is 3.95. The van der Waals surface area contributed by atoms with Gasteiger partial charge in [0.15, 0.2) is 0 Å². The zero-order chi connectivity index (χ0) is 30.3. The molecule has 1 aromatic carbocycles. The fourth-order valence-corrected chi connectivity index (χ4v) is 5.91. The van der Waals surface area contributed by atoms with Gasteiger partial charge in [-0.05, 0) is 43.7 Å². The molecule has 1 aromatic rings. The summed E-state index contributed by atoms with van der Waals surface area (Å²) in [6.45, 7) is 18.8. The SMILES string of the molecule is CN[C@H](CN[C@H](C(=O)N(C)[C@H](/C=C(\C)C(=O)N1CCCC1COC)C(C)C)C(C)(C)C)C(C)(C)c1ccccc1. The third-order valence-electron chi connectivity index (χ3n) is 8.61. The lowest BCUT2D eigenvalue weighted by atomic mass is 9.77. The Morgan fingerprint density at radius 3 is 2.30 bits per heavy atom. The van der Waals surface area contributed by atoms with Gasteiger partial charge in [0.25, 0.3) is 0 Å². The highest BCUT2D eigenvalue weighted by atomic mass is 16.5. The summed E-state index contributed by atoms with van der Waals surface area (Å²) in [4.78, 5) is 31.2. The maximum Gasteiger partial charge on any atom is 0.249 e. The molecular weight excluding hydrogens is 500 g/mol. The topological polar surface area (TPSA) is 73.9 Å². The van der Waals surface area contributed by atoms with Crippen LogP contribution in [-0.2, 0) is 19.7 Å². The summed E-state index contributed by atoms with van der Waals surface area (Å²) in [5.74, 6) is 0.220. The molecular formula is C33H56N4O3. The molecule has 2 amide bonds. The van der Waals surface area contributed by atoms with Gasteiger partial charge >= 0.3 is 0 Å². The van der Waals surface area contributed by atoms with Crippen LogP contribution in [0.5, 0.6) is 0 Å². The van der Waals surface area contributed by atoms with Crippen molar-refractivity contribution in [3.63, 3.8) is 0 Å². The molecule has 1 heterocycles. The molecule has 0 aliphatic carbocycles. The highest BCUT2D eigenvalue weighted by Crippen LogP contribution is 2.29. The van der Waals surface area contributed by atoms with Crippen LogP contribution in [-0.4, -0.2) is 86.7 Å². The van der Waals surface area contributed by atoms with Crippen LogP contribution < -0.4 is 10.6 Å². The summed E-state index contributed by atoms with van der Waals surface area (Å²) < 4.78 is 5.35. The molecule has 7 heteroatoms. The smallest absolute Gasteiger partial charge is 0.249 e. The van der Waals surface area contributed by atoms with Crippen molar-refractivity contribution >= 4 is 11.8 Å². The maximum atomic E-state index is 14.1. The fraction of sp³-hybridized carbons (Fsp3) is 0.697. The van der Waals surface area contributed by atoms with Crippen molar-refractivity contribution in [3.05, 3.63) is 47.5 Å². The first-order valence-corrected chi connectivity index (χ1v) is 14.9. The predicted octanol–water partition coefficient (Wildman–Crippen LogP) is 4.62. The number of nitrogens with zero attached hydrogens (tertiary/aromatic N) is 2. The molecule has 2 rings (SSSR count). The molecule has 0 aromatic heterocycles. The largest absolute Gasteiger partial charge is 0.383 e. The molecule has 1 saturated heterocycles. The van der Waals surface area contributed by atoms with Crippen LogP contribution in [0.15, 0.2) is 42.0 Å². The minimum Gasteiger partial charge on any atom is -0.383 e. The Morgan fingerprint density at radius 2 is 1.77 bits per heavy atom. The first-order chi connectivity index (χ1) is 18.7. The van der Waals surface area contributed by atoms with E-state index in [0.29, 0.717) is 18.7 Å². The number of nitrogens with one attached hydrogen (secondary N) is 2. The summed E-state index contributed by atoms with van der Waals surface area (Å²) in [5.41, 5.74) is 1.49. The maximum absolute atomic E-state index is 14.1. The van der Waals surface area contributed by atoms with Crippen LogP contribution in [0.2, 0.25) is 0 Å². The van der Waals surface area contributed by atoms with Crippen molar-refractivity contribution in [1.82, 2.24) is 20.4 Å². The van der Waals surface area contributed by atoms with Gasteiger partial charge in [-0.15, -0.1) is 0 Å². The van der Waals surface area contributed by atoms with Crippen LogP contribution in [0.25, 0.3) is 0 Å². The van der Waals surface area contributed by atoms with E-state index >= 15 is 0 Å². The van der Waals surface area contributed by atoms with Crippen molar-refractivity contribution in [2.45, 2.75) is 97.8 Å². The first-order valence-electron chi connectivity index (χ1n) is 14.9. The molecule has 7 nitrogen and oxygen atoms in total. The third-order valence-corrected chi connectivity index (χ3v) is 8.61. The first kappa shape index (κ1) is 34.0. The number of hydrogen-bond donors (Lipinski definition) is 2. The number of ether oxygens (including phenoxy) is 1. The van der Waals surface area contributed by atoms with E-state index in [0.717, 1.165) is 19.4 Å². The van der Waals surface area contributed by atoms with Gasteiger partial charge in [0.2, 0.25) is 11.8 Å². The molecule has 4 atom stereocenters. The Hall–Kier alpha value is -2.22. The molecule has 0 saturated carbocycles. The molecule has 1 fully saturated rings. The van der Waals surface area contributed by atoms with Crippen molar-refractivity contribution in [2.75, 3.05) is 40.9 Å². The van der Waals surface area contributed by atoms with Gasteiger partial charge < -0.3 is 25.2 Å². The normalized spacial score (nSPS) is 19.1. The Kier molecular flexibility index (Phi) is 12.4. The van der Waals surface area contributed by atoms with Crippen LogP contribution in [0.3, 0.4) is 0 Å². The number of carbonyl (C=O) groups is 2. The standard InChI is InChI=1S/C33H56N4O3/c1-23(2)27(20-24(3)30(38)37-19-15-18-26(37)22-40-11)36(10)31(39)29(32(4,5)6)35-21-28(34-9)33(7,8)25-16-13-12-14-17-25/h12-14,16-17,20,23,26-29,34-35H,15,18-19,21-22H2,1-11H3/b24-20+/t26?,27-,28-,29-/m1/s1. The van der Waals surface area contributed by atoms with Gasteiger partial charge in [0.05, 0.1) is 24.7 Å². The Morgan fingerprint density at radius 1 is 1.15 bits per heavy atom. The van der Waals surface area contributed by atoms with E-state index in [-0.39, 0.29) is 46.7 Å². The van der Waals surface area contributed by atoms with E-state index in [1.165, 1.54) is 5.56 Å². The summed E-state index contributed by atoms with van der Waals surface area (Å²) in [6, 6.07) is 10.1. The van der Waals surface area contributed by atoms with E-state index in [4.69, 9.17) is 4.74 Å². The van der Waals surface area contributed by atoms with Gasteiger partial charge in [-0.1, -0.05) is 84.9 Å². The minimum absolute atomic E-state index is 0.0356. The number of benzene rings is 1. The second-order valence-electron chi connectivity index (χ2n) is 13.4. The van der Waals surface area contributed by atoms with Gasteiger partial charge in [0, 0.05) is 44.3 Å². The molecule has 40 heavy (non-hydrogen) atoms. The van der Waals surface area contributed by atoms with Gasteiger partial charge in [-0.3, -0.25) is 9.59 Å². The Bertz CT molecular complexity index is 983. The summed E-state index contributed by atoms with van der Waals surface area (Å²) in [5, 5.41) is 7.12. The molecule has 0 bridgehead atoms. The van der Waals surface area contributed by atoms with Crippen LogP contribution in [0.1, 0.15) is 73.8 Å². The van der Waals surface area contributed by atoms with Crippen molar-refractivity contribution < 1.29 is 14.3 Å². The highest BCUT2D eigenvalue weighted by molar-refractivity contribution is 5.93. The van der Waals surface area contributed by atoms with Crippen molar-refractivity contribution in [2.24, 2.45) is 11.3 Å². The van der Waals surface area contributed by atoms with Crippen LogP contribution in [0.4, 0.5) is 0 Å². The van der Waals surface area contributed by atoms with E-state index in [2.05, 4.69) is 83.4 Å². The third kappa shape index (κ3) is 8.40. The van der Waals surface area contributed by atoms with Crippen LogP contribution in [0, 0.1) is 11.3 Å². The number of hydrogen-bond acceptors (Lipinski definition) is 5. The number of amides is 2. The van der Waals surface area contributed by atoms with Gasteiger partial charge in [-0.2, -0.15) is 0 Å². The zero-order valence-corrected chi connectivity index (χ0v) is 27.0. The Labute approximate surface area is 244 Å². The molecule has 226 valence electrons. The van der Waals surface area contributed by atoms with E-state index in [1.54, 1.807) is 7.11 Å². The lowest BCUT2D eigenvalue weighted by Crippen LogP contribution is -2.59. The second kappa shape index (κ2) is 14.6. The number of carbonyl (C=O) groups excluding carboxylic acids is 2. The number of likely N-dealkylation sites (N-methyl/N-ethyl adjacent to an activating group) is 2. The molecule has 0 radical (unpaired) electrons. The van der Waals surface area contributed by atoms with E-state index in [1.807, 2.05) is 43.0 Å². The predicted molar refractivity (Wildman–Crippen MR) is 165 cm³/mol. The van der Waals surface area contributed by atoms with Gasteiger partial charge in [0.1, 0.15) is 0 Å². The number of methoxy groups -OCH3 is 1. The van der Waals surface area contributed by atoms with Crippen molar-refractivity contribution in [1.29, 1.82) is 0 Å². The molecule has 1 aliphatic rings. The summed E-state index contributed by atoms with van der Waals surface area (Å²) in [7, 11) is 5.53. The fourth-order valence-electron chi connectivity index (χ4n) is 5.91. The lowest BCUT2D eigenvalue weighted by Gasteiger charge is -2.40. The summed E-state index contributed by atoms with van der Waals surface area (Å²) >= 11 is 0. The quantitative estimate of drug-likeness (QED) is 0.347. The molecule has 1 unspecified atom stereocenters. The molecule has 1 aliphatic heterocycles. The minimum atomic E-state index is -0.393. The molecule has 2 N–H and O–H groups in total. The van der Waals surface area contributed by atoms with E-state index < -0.39 is 6.04 Å². The van der Waals surface area contributed by atoms with Gasteiger partial charge in [-0.25, -0.2) is 0 Å². The average Bonchev–Trinajstić information content (AvgIpc) is 3.36. The highest BCUT2D eigenvalue weighted by Gasteiger charge is 2.38. The van der Waals surface area contributed by atoms with Crippen molar-refractivity contribution in [3.8, 4) is 0 Å². The second-order valence-corrected chi connectivity index (χ2v) is 13.4. The van der Waals surface area contributed by atoms with Crippen LogP contribution >= 0.6 is 0 Å². The number of rotatable bonds is 13. The van der Waals surface area contributed by atoms with E-state index in [9.17, 15) is 9.59 Å². The molecule has 0 spiro atoms.